The first kappa shape index (κ1) is 11.9. The lowest BCUT2D eigenvalue weighted by Crippen LogP contribution is -2.14. The Hall–Kier alpha value is -1.20. The van der Waals surface area contributed by atoms with Gasteiger partial charge in [0.15, 0.2) is 5.82 Å². The van der Waals surface area contributed by atoms with E-state index in [4.69, 9.17) is 10.3 Å². The van der Waals surface area contributed by atoms with Crippen LogP contribution >= 0.6 is 11.3 Å². The number of nitrogens with zero attached hydrogens (tertiary/aromatic N) is 2. The van der Waals surface area contributed by atoms with E-state index in [1.807, 2.05) is 0 Å². The highest BCUT2D eigenvalue weighted by Crippen LogP contribution is 2.38. The molecule has 0 spiro atoms. The van der Waals surface area contributed by atoms with Gasteiger partial charge in [0.25, 0.3) is 0 Å². The Labute approximate surface area is 110 Å². The van der Waals surface area contributed by atoms with Crippen molar-refractivity contribution in [1.29, 1.82) is 0 Å². The third-order valence-electron chi connectivity index (χ3n) is 3.31. The molecule has 0 bridgehead atoms. The van der Waals surface area contributed by atoms with Crippen LogP contribution in [0, 0.1) is 5.92 Å². The van der Waals surface area contributed by atoms with Crippen molar-refractivity contribution in [2.75, 3.05) is 0 Å². The zero-order valence-electron chi connectivity index (χ0n) is 10.2. The SMILES string of the molecule is NC(c1noc(CCCc2cccs2)n1)C1CC1. The minimum absolute atomic E-state index is 0.0280. The first-order valence-electron chi connectivity index (χ1n) is 6.43. The van der Waals surface area contributed by atoms with Gasteiger partial charge in [0.1, 0.15) is 0 Å². The molecule has 2 heterocycles. The molecule has 5 heteroatoms. The van der Waals surface area contributed by atoms with Gasteiger partial charge in [-0.1, -0.05) is 11.2 Å². The van der Waals surface area contributed by atoms with Gasteiger partial charge in [0.2, 0.25) is 5.89 Å². The first-order valence-corrected chi connectivity index (χ1v) is 7.31. The molecule has 0 aromatic carbocycles. The number of rotatable bonds is 6. The van der Waals surface area contributed by atoms with E-state index in [-0.39, 0.29) is 6.04 Å². The van der Waals surface area contributed by atoms with E-state index < -0.39 is 0 Å². The molecule has 0 aliphatic heterocycles. The Morgan fingerprint density at radius 1 is 1.44 bits per heavy atom. The molecule has 1 unspecified atom stereocenters. The second kappa shape index (κ2) is 5.20. The molecule has 2 aromatic heterocycles. The van der Waals surface area contributed by atoms with Crippen molar-refractivity contribution in [2.45, 2.75) is 38.1 Å². The van der Waals surface area contributed by atoms with Crippen molar-refractivity contribution in [1.82, 2.24) is 10.1 Å². The minimum Gasteiger partial charge on any atom is -0.339 e. The van der Waals surface area contributed by atoms with Crippen molar-refractivity contribution in [3.63, 3.8) is 0 Å². The van der Waals surface area contributed by atoms with Crippen LogP contribution in [-0.4, -0.2) is 10.1 Å². The zero-order chi connectivity index (χ0) is 12.4. The summed E-state index contributed by atoms with van der Waals surface area (Å²) >= 11 is 1.79. The van der Waals surface area contributed by atoms with E-state index >= 15 is 0 Å². The summed E-state index contributed by atoms with van der Waals surface area (Å²) in [6.45, 7) is 0. The van der Waals surface area contributed by atoms with E-state index in [9.17, 15) is 0 Å². The number of hydrogen-bond donors (Lipinski definition) is 1. The molecule has 1 fully saturated rings. The number of thiophene rings is 1. The fraction of sp³-hybridized carbons (Fsp3) is 0.538. The summed E-state index contributed by atoms with van der Waals surface area (Å²) in [6.07, 6.45) is 5.35. The molecule has 1 saturated carbocycles. The number of aryl methyl sites for hydroxylation is 2. The van der Waals surface area contributed by atoms with Crippen LogP contribution in [0.2, 0.25) is 0 Å². The van der Waals surface area contributed by atoms with E-state index in [1.165, 1.54) is 17.7 Å². The summed E-state index contributed by atoms with van der Waals surface area (Å²) in [6, 6.07) is 4.21. The Balaban J connectivity index is 1.50. The number of nitrogens with two attached hydrogens (primary N) is 1. The molecule has 0 amide bonds. The normalized spacial score (nSPS) is 16.9. The zero-order valence-corrected chi connectivity index (χ0v) is 11.0. The van der Waals surface area contributed by atoms with Gasteiger partial charge in [0.05, 0.1) is 6.04 Å². The maximum Gasteiger partial charge on any atom is 0.226 e. The summed E-state index contributed by atoms with van der Waals surface area (Å²) in [5.74, 6) is 1.97. The lowest BCUT2D eigenvalue weighted by molar-refractivity contribution is 0.365. The van der Waals surface area contributed by atoms with Crippen molar-refractivity contribution in [2.24, 2.45) is 11.7 Å². The Morgan fingerprint density at radius 3 is 3.06 bits per heavy atom. The summed E-state index contributed by atoms with van der Waals surface area (Å²) in [5.41, 5.74) is 6.04. The molecule has 18 heavy (non-hydrogen) atoms. The lowest BCUT2D eigenvalue weighted by atomic mass is 10.2. The first-order chi connectivity index (χ1) is 8.83. The quantitative estimate of drug-likeness (QED) is 0.870. The van der Waals surface area contributed by atoms with Gasteiger partial charge in [-0.15, -0.1) is 11.3 Å². The van der Waals surface area contributed by atoms with Gasteiger partial charge >= 0.3 is 0 Å². The highest BCUT2D eigenvalue weighted by atomic mass is 32.1. The molecular weight excluding hydrogens is 246 g/mol. The van der Waals surface area contributed by atoms with Crippen LogP contribution in [0.4, 0.5) is 0 Å². The monoisotopic (exact) mass is 263 g/mol. The fourth-order valence-corrected chi connectivity index (χ4v) is 2.79. The van der Waals surface area contributed by atoms with Crippen LogP contribution in [0.3, 0.4) is 0 Å². The fourth-order valence-electron chi connectivity index (χ4n) is 2.04. The van der Waals surface area contributed by atoms with E-state index in [2.05, 4.69) is 27.7 Å². The predicted molar refractivity (Wildman–Crippen MR) is 70.3 cm³/mol. The topological polar surface area (TPSA) is 64.9 Å². The van der Waals surface area contributed by atoms with Crippen LogP contribution in [0.5, 0.6) is 0 Å². The standard InChI is InChI=1S/C13H17N3OS/c14-12(9-6-7-9)13-15-11(17-16-13)5-1-3-10-4-2-8-18-10/h2,4,8-9,12H,1,3,5-7,14H2. The molecule has 0 saturated heterocycles. The van der Waals surface area contributed by atoms with Crippen LogP contribution in [-0.2, 0) is 12.8 Å². The predicted octanol–water partition coefficient (Wildman–Crippen LogP) is 2.72. The Morgan fingerprint density at radius 2 is 2.33 bits per heavy atom. The molecule has 96 valence electrons. The Kier molecular flexibility index (Phi) is 3.43. The number of hydrogen-bond acceptors (Lipinski definition) is 5. The van der Waals surface area contributed by atoms with Crippen LogP contribution in [0.15, 0.2) is 22.0 Å². The third-order valence-corrected chi connectivity index (χ3v) is 4.24. The maximum atomic E-state index is 6.04. The Bertz CT molecular complexity index is 490. The lowest BCUT2D eigenvalue weighted by Gasteiger charge is -2.01. The molecule has 4 nitrogen and oxygen atoms in total. The molecule has 3 rings (SSSR count). The second-order valence-corrected chi connectivity index (χ2v) is 5.87. The van der Waals surface area contributed by atoms with Gasteiger partial charge in [-0.2, -0.15) is 4.98 Å². The van der Waals surface area contributed by atoms with Gasteiger partial charge < -0.3 is 10.3 Å². The summed E-state index contributed by atoms with van der Waals surface area (Å²) in [4.78, 5) is 5.80. The summed E-state index contributed by atoms with van der Waals surface area (Å²) in [7, 11) is 0. The van der Waals surface area contributed by atoms with Gasteiger partial charge in [-0.3, -0.25) is 0 Å². The average molecular weight is 263 g/mol. The minimum atomic E-state index is -0.0280. The van der Waals surface area contributed by atoms with E-state index in [0.717, 1.165) is 25.2 Å². The van der Waals surface area contributed by atoms with Gasteiger partial charge in [0, 0.05) is 11.3 Å². The van der Waals surface area contributed by atoms with Crippen LogP contribution < -0.4 is 5.73 Å². The van der Waals surface area contributed by atoms with Crippen molar-refractivity contribution < 1.29 is 4.52 Å². The summed E-state index contributed by atoms with van der Waals surface area (Å²) in [5, 5.41) is 6.09. The second-order valence-electron chi connectivity index (χ2n) is 4.84. The largest absolute Gasteiger partial charge is 0.339 e. The molecule has 2 N–H and O–H groups in total. The molecule has 1 atom stereocenters. The third kappa shape index (κ3) is 2.79. The average Bonchev–Trinajstić information content (AvgIpc) is 2.90. The highest BCUT2D eigenvalue weighted by Gasteiger charge is 2.32. The highest BCUT2D eigenvalue weighted by molar-refractivity contribution is 7.09. The van der Waals surface area contributed by atoms with Crippen LogP contribution in [0.1, 0.15) is 41.9 Å². The molecular formula is C13H17N3OS. The van der Waals surface area contributed by atoms with Crippen molar-refractivity contribution in [3.05, 3.63) is 34.1 Å². The smallest absolute Gasteiger partial charge is 0.226 e. The molecule has 1 aliphatic carbocycles. The molecule has 1 aliphatic rings. The van der Waals surface area contributed by atoms with Crippen molar-refractivity contribution in [3.8, 4) is 0 Å². The number of aromatic nitrogens is 2. The molecule has 2 aromatic rings. The molecule has 0 radical (unpaired) electrons. The maximum absolute atomic E-state index is 6.04. The van der Waals surface area contributed by atoms with E-state index in [1.54, 1.807) is 11.3 Å². The van der Waals surface area contributed by atoms with Gasteiger partial charge in [-0.25, -0.2) is 0 Å². The summed E-state index contributed by atoms with van der Waals surface area (Å²) < 4.78 is 5.25. The van der Waals surface area contributed by atoms with Crippen molar-refractivity contribution >= 4 is 11.3 Å². The van der Waals surface area contributed by atoms with Crippen LogP contribution in [0.25, 0.3) is 0 Å². The van der Waals surface area contributed by atoms with E-state index in [0.29, 0.717) is 11.7 Å². The van der Waals surface area contributed by atoms with Gasteiger partial charge in [-0.05, 0) is 43.0 Å².